The molecule has 0 radical (unpaired) electrons. The number of nitrogens with zero attached hydrogens (tertiary/aromatic N) is 6. The molecule has 10 heteroatoms. The van der Waals surface area contributed by atoms with E-state index in [1.165, 1.54) is 17.2 Å². The smallest absolute Gasteiger partial charge is 0.410 e. The second-order valence-electron chi connectivity index (χ2n) is 12.0. The Morgan fingerprint density at radius 1 is 1.03 bits per heavy atom. The van der Waals surface area contributed by atoms with Crippen molar-refractivity contribution in [2.24, 2.45) is 0 Å². The maximum absolute atomic E-state index is 14.9. The summed E-state index contributed by atoms with van der Waals surface area (Å²) in [6.45, 7) is 9.05. The summed E-state index contributed by atoms with van der Waals surface area (Å²) in [4.78, 5) is 21.4. The second kappa shape index (κ2) is 9.94. The molecule has 1 aromatic carbocycles. The number of para-hydroxylation sites is 1. The van der Waals surface area contributed by atoms with E-state index >= 15 is 0 Å². The molecule has 0 atom stereocenters. The van der Waals surface area contributed by atoms with Gasteiger partial charge in [-0.3, -0.25) is 0 Å². The molecular formula is C28H37FN6O3. The molecule has 0 N–H and O–H groups in total. The van der Waals surface area contributed by atoms with Gasteiger partial charge in [-0.25, -0.2) is 9.18 Å². The van der Waals surface area contributed by atoms with E-state index in [1.54, 1.807) is 6.07 Å². The van der Waals surface area contributed by atoms with E-state index in [0.29, 0.717) is 29.3 Å². The Bertz CT molecular complexity index is 1290. The lowest BCUT2D eigenvalue weighted by Gasteiger charge is -2.41. The van der Waals surface area contributed by atoms with Gasteiger partial charge in [0, 0.05) is 36.4 Å². The number of likely N-dealkylation sites (tertiary alicyclic amines) is 2. The predicted octanol–water partition coefficient (Wildman–Crippen LogP) is 5.39. The van der Waals surface area contributed by atoms with Crippen LogP contribution in [-0.4, -0.2) is 73.6 Å². The molecule has 2 saturated heterocycles. The van der Waals surface area contributed by atoms with Crippen molar-refractivity contribution >= 4 is 17.0 Å². The molecule has 204 valence electrons. The van der Waals surface area contributed by atoms with Crippen LogP contribution in [0.2, 0.25) is 0 Å². The van der Waals surface area contributed by atoms with Gasteiger partial charge in [-0.05, 0) is 83.6 Å². The highest BCUT2D eigenvalue weighted by atomic mass is 19.1. The lowest BCUT2D eigenvalue weighted by atomic mass is 9.82. The number of ether oxygens (including phenoxy) is 1. The molecule has 1 amide bonds. The van der Waals surface area contributed by atoms with Gasteiger partial charge in [0.15, 0.2) is 0 Å². The van der Waals surface area contributed by atoms with Gasteiger partial charge in [0.2, 0.25) is 5.89 Å². The van der Waals surface area contributed by atoms with Crippen LogP contribution in [0, 0.1) is 5.82 Å². The van der Waals surface area contributed by atoms with Crippen molar-refractivity contribution in [3.8, 4) is 5.95 Å². The van der Waals surface area contributed by atoms with Crippen molar-refractivity contribution in [1.82, 2.24) is 29.7 Å². The lowest BCUT2D eigenvalue weighted by molar-refractivity contribution is 0.0124. The lowest BCUT2D eigenvalue weighted by Crippen LogP contribution is -2.49. The van der Waals surface area contributed by atoms with Crippen molar-refractivity contribution in [2.75, 3.05) is 26.2 Å². The summed E-state index contributed by atoms with van der Waals surface area (Å²) in [5.74, 6) is 1.12. The largest absolute Gasteiger partial charge is 0.444 e. The number of benzene rings is 1. The molecule has 9 nitrogen and oxygen atoms in total. The summed E-state index contributed by atoms with van der Waals surface area (Å²) in [5.41, 5.74) is 0.888. The highest BCUT2D eigenvalue weighted by Gasteiger charge is 2.34. The fourth-order valence-corrected chi connectivity index (χ4v) is 6.01. The standard InChI is InChI=1S/C28H37FN6O3/c1-28(2,3)37-27(36)34-16-12-20(13-17-34)33-14-10-19(11-15-33)25-30-26(32-38-25)35-24-21(8-5-9-22(24)29)23(31-35)18-6-4-7-18/h5,8-9,18-20H,4,6-7,10-17H2,1-3H3. The predicted molar refractivity (Wildman–Crippen MR) is 140 cm³/mol. The third-order valence-electron chi connectivity index (χ3n) is 8.31. The fourth-order valence-electron chi connectivity index (χ4n) is 6.01. The maximum atomic E-state index is 14.9. The van der Waals surface area contributed by atoms with E-state index < -0.39 is 5.60 Å². The van der Waals surface area contributed by atoms with Crippen molar-refractivity contribution in [1.29, 1.82) is 0 Å². The van der Waals surface area contributed by atoms with Gasteiger partial charge in [0.25, 0.3) is 5.95 Å². The van der Waals surface area contributed by atoms with Gasteiger partial charge in [-0.1, -0.05) is 18.6 Å². The Morgan fingerprint density at radius 2 is 1.76 bits per heavy atom. The molecule has 3 fully saturated rings. The summed E-state index contributed by atoms with van der Waals surface area (Å²) in [6, 6.07) is 5.60. The summed E-state index contributed by atoms with van der Waals surface area (Å²) < 4.78 is 27.6. The first kappa shape index (κ1) is 25.3. The number of aromatic nitrogens is 4. The van der Waals surface area contributed by atoms with E-state index in [9.17, 15) is 9.18 Å². The molecule has 38 heavy (non-hydrogen) atoms. The Kier molecular flexibility index (Phi) is 6.62. The van der Waals surface area contributed by atoms with E-state index in [1.807, 2.05) is 31.7 Å². The second-order valence-corrected chi connectivity index (χ2v) is 12.0. The molecular weight excluding hydrogens is 487 g/mol. The molecule has 0 spiro atoms. The van der Waals surface area contributed by atoms with Crippen molar-refractivity contribution in [2.45, 2.75) is 89.2 Å². The number of fused-ring (bicyclic) bond motifs is 1. The van der Waals surface area contributed by atoms with E-state index in [4.69, 9.17) is 14.4 Å². The first-order chi connectivity index (χ1) is 18.3. The third-order valence-corrected chi connectivity index (χ3v) is 8.31. The Morgan fingerprint density at radius 3 is 2.42 bits per heavy atom. The SMILES string of the molecule is CC(C)(C)OC(=O)N1CCC(N2CCC(c3nc(-n4nc(C5CCC5)c5cccc(F)c54)no3)CC2)CC1. The van der Waals surface area contributed by atoms with Crippen LogP contribution >= 0.6 is 0 Å². The molecule has 6 rings (SSSR count). The average Bonchev–Trinajstić information content (AvgIpc) is 3.49. The maximum Gasteiger partial charge on any atom is 0.410 e. The van der Waals surface area contributed by atoms with Crippen LogP contribution in [0.4, 0.5) is 9.18 Å². The number of piperidine rings is 2. The minimum atomic E-state index is -0.470. The van der Waals surface area contributed by atoms with Gasteiger partial charge in [-0.2, -0.15) is 14.8 Å². The van der Waals surface area contributed by atoms with E-state index in [-0.39, 0.29) is 17.8 Å². The van der Waals surface area contributed by atoms with Gasteiger partial charge >= 0.3 is 6.09 Å². The molecule has 0 bridgehead atoms. The number of carbonyl (C=O) groups is 1. The Balaban J connectivity index is 1.09. The summed E-state index contributed by atoms with van der Waals surface area (Å²) >= 11 is 0. The molecule has 2 aliphatic heterocycles. The minimum Gasteiger partial charge on any atom is -0.444 e. The molecule has 2 aromatic heterocycles. The van der Waals surface area contributed by atoms with E-state index in [0.717, 1.165) is 75.8 Å². The van der Waals surface area contributed by atoms with Crippen molar-refractivity contribution in [3.63, 3.8) is 0 Å². The van der Waals surface area contributed by atoms with Crippen LogP contribution < -0.4 is 0 Å². The first-order valence-corrected chi connectivity index (χ1v) is 14.0. The van der Waals surface area contributed by atoms with E-state index in [2.05, 4.69) is 15.0 Å². The van der Waals surface area contributed by atoms with Gasteiger partial charge in [-0.15, -0.1) is 0 Å². The summed E-state index contributed by atoms with van der Waals surface area (Å²) in [7, 11) is 0. The van der Waals surface area contributed by atoms with Crippen LogP contribution in [0.3, 0.4) is 0 Å². The molecule has 3 aromatic rings. The Labute approximate surface area is 222 Å². The van der Waals surface area contributed by atoms with Crippen LogP contribution in [0.5, 0.6) is 0 Å². The molecule has 0 unspecified atom stereocenters. The molecule has 1 aliphatic carbocycles. The Hall–Kier alpha value is -3.01. The molecule has 3 aliphatic rings. The fraction of sp³-hybridized carbons (Fsp3) is 0.643. The highest BCUT2D eigenvalue weighted by Crippen LogP contribution is 2.40. The average molecular weight is 525 g/mol. The summed E-state index contributed by atoms with van der Waals surface area (Å²) in [6.07, 6.45) is 6.89. The molecule has 4 heterocycles. The molecule has 1 saturated carbocycles. The number of halogens is 1. The zero-order valence-corrected chi connectivity index (χ0v) is 22.5. The monoisotopic (exact) mass is 524 g/mol. The number of carbonyl (C=O) groups excluding carboxylic acids is 1. The van der Waals surface area contributed by atoms with Crippen LogP contribution in [-0.2, 0) is 4.74 Å². The van der Waals surface area contributed by atoms with Crippen molar-refractivity contribution < 1.29 is 18.4 Å². The van der Waals surface area contributed by atoms with Crippen molar-refractivity contribution in [3.05, 3.63) is 35.6 Å². The zero-order chi connectivity index (χ0) is 26.4. The first-order valence-electron chi connectivity index (χ1n) is 14.0. The van der Waals surface area contributed by atoms with Gasteiger partial charge in [0.1, 0.15) is 16.9 Å². The zero-order valence-electron chi connectivity index (χ0n) is 22.5. The number of rotatable bonds is 4. The number of hydrogen-bond donors (Lipinski definition) is 0. The van der Waals surface area contributed by atoms with Gasteiger partial charge < -0.3 is 19.1 Å². The van der Waals surface area contributed by atoms with Crippen LogP contribution in [0.25, 0.3) is 16.9 Å². The number of hydrogen-bond acceptors (Lipinski definition) is 7. The summed E-state index contributed by atoms with van der Waals surface area (Å²) in [5, 5.41) is 9.81. The van der Waals surface area contributed by atoms with Gasteiger partial charge in [0.05, 0.1) is 5.69 Å². The minimum absolute atomic E-state index is 0.173. The quantitative estimate of drug-likeness (QED) is 0.452. The van der Waals surface area contributed by atoms with Crippen LogP contribution in [0.15, 0.2) is 22.7 Å². The highest BCUT2D eigenvalue weighted by molar-refractivity contribution is 5.84. The topological polar surface area (TPSA) is 89.5 Å². The third kappa shape index (κ3) is 4.90. The number of amides is 1. The van der Waals surface area contributed by atoms with Crippen LogP contribution in [0.1, 0.15) is 89.1 Å². The normalized spacial score (nSPS) is 20.7.